The monoisotopic (exact) mass is 358 g/mol. The average molecular weight is 359 g/mol. The first-order chi connectivity index (χ1) is 10.7. The second-order valence-electron chi connectivity index (χ2n) is 6.05. The Hall–Kier alpha value is -1.96. The zero-order chi connectivity index (χ0) is 15.7. The molecule has 0 N–H and O–H groups in total. The van der Waals surface area contributed by atoms with E-state index >= 15 is 0 Å². The van der Waals surface area contributed by atoms with Gasteiger partial charge in [-0.2, -0.15) is 0 Å². The van der Waals surface area contributed by atoms with Crippen molar-refractivity contribution in [3.63, 3.8) is 0 Å². The van der Waals surface area contributed by atoms with Gasteiger partial charge >= 0.3 is 0 Å². The minimum absolute atomic E-state index is 0. The Morgan fingerprint density at radius 3 is 1.62 bits per heavy atom. The predicted molar refractivity (Wildman–Crippen MR) is 124 cm³/mol. The molecule has 0 saturated heterocycles. The van der Waals surface area contributed by atoms with Crippen LogP contribution in [0.4, 0.5) is 11.4 Å². The molecule has 2 heteroatoms. The molecule has 2 nitrogen and oxygen atoms in total. The van der Waals surface area contributed by atoms with Crippen LogP contribution in [0.5, 0.6) is 0 Å². The lowest BCUT2D eigenvalue weighted by atomic mass is 10.0. The molecule has 1 aliphatic rings. The third kappa shape index (κ3) is 4.60. The molecular weight excluding hydrogens is 316 g/mol. The van der Waals surface area contributed by atoms with Crippen LogP contribution in [0.25, 0.3) is 11.1 Å². The van der Waals surface area contributed by atoms with Crippen LogP contribution in [0.1, 0.15) is 61.6 Å². The van der Waals surface area contributed by atoms with Crippen LogP contribution >= 0.6 is 0 Å². The number of hydrogen-bond acceptors (Lipinski definition) is 2. The van der Waals surface area contributed by atoms with Gasteiger partial charge in [0.2, 0.25) is 0 Å². The summed E-state index contributed by atoms with van der Waals surface area (Å²) >= 11 is 0. The molecule has 2 aromatic rings. The minimum Gasteiger partial charge on any atom is -0.375 e. The van der Waals surface area contributed by atoms with Crippen LogP contribution in [0, 0.1) is 0 Å². The Bertz CT molecular complexity index is 672. The van der Waals surface area contributed by atoms with Gasteiger partial charge in [0.15, 0.2) is 0 Å². The SMILES string of the molecule is C.C.C.C.CCN(C)c1ccc2c(c1)-c1cc(N(CC)CC)ccc1C2. The van der Waals surface area contributed by atoms with Crippen molar-refractivity contribution in [1.82, 2.24) is 0 Å². The van der Waals surface area contributed by atoms with E-state index < -0.39 is 0 Å². The number of anilines is 2. The lowest BCUT2D eigenvalue weighted by molar-refractivity contribution is 0.866. The van der Waals surface area contributed by atoms with Gasteiger partial charge in [-0.25, -0.2) is 0 Å². The Labute approximate surface area is 163 Å². The van der Waals surface area contributed by atoms with Gasteiger partial charge in [-0.1, -0.05) is 41.8 Å². The molecule has 148 valence electrons. The first-order valence-electron chi connectivity index (χ1n) is 8.40. The minimum atomic E-state index is 0. The zero-order valence-electron chi connectivity index (χ0n) is 14.2. The molecule has 2 aromatic carbocycles. The number of benzene rings is 2. The molecule has 0 aromatic heterocycles. The number of rotatable bonds is 5. The summed E-state index contributed by atoms with van der Waals surface area (Å²) in [5.74, 6) is 0. The fraction of sp³-hybridized carbons (Fsp3) is 0.500. The topological polar surface area (TPSA) is 6.48 Å². The van der Waals surface area contributed by atoms with E-state index in [0.29, 0.717) is 0 Å². The van der Waals surface area contributed by atoms with Crippen molar-refractivity contribution in [1.29, 1.82) is 0 Å². The second kappa shape index (κ2) is 10.9. The summed E-state index contributed by atoms with van der Waals surface area (Å²) in [6.45, 7) is 9.78. The Balaban J connectivity index is 0. The maximum atomic E-state index is 2.42. The molecule has 0 unspecified atom stereocenters. The molecule has 3 rings (SSSR count). The molecule has 0 fully saturated rings. The van der Waals surface area contributed by atoms with E-state index in [2.05, 4.69) is 74.0 Å². The van der Waals surface area contributed by atoms with Gasteiger partial charge in [0.25, 0.3) is 0 Å². The Morgan fingerprint density at radius 1 is 0.692 bits per heavy atom. The predicted octanol–water partition coefficient (Wildman–Crippen LogP) is 7.10. The summed E-state index contributed by atoms with van der Waals surface area (Å²) < 4.78 is 0. The molecule has 0 heterocycles. The molecule has 1 aliphatic carbocycles. The molecule has 0 saturated carbocycles. The van der Waals surface area contributed by atoms with Crippen molar-refractivity contribution >= 4 is 11.4 Å². The highest BCUT2D eigenvalue weighted by Crippen LogP contribution is 2.40. The van der Waals surface area contributed by atoms with E-state index in [0.717, 1.165) is 26.1 Å². The number of hydrogen-bond donors (Lipinski definition) is 0. The molecule has 0 bridgehead atoms. The first kappa shape index (κ1) is 26.3. The van der Waals surface area contributed by atoms with E-state index in [1.165, 1.54) is 33.6 Å². The van der Waals surface area contributed by atoms with E-state index in [-0.39, 0.29) is 29.7 Å². The van der Waals surface area contributed by atoms with Gasteiger partial charge in [0.1, 0.15) is 0 Å². The van der Waals surface area contributed by atoms with Crippen molar-refractivity contribution in [3.05, 3.63) is 47.5 Å². The van der Waals surface area contributed by atoms with Gasteiger partial charge in [-0.15, -0.1) is 0 Å². The lowest BCUT2D eigenvalue weighted by Crippen LogP contribution is -2.21. The normalized spacial score (nSPS) is 10.2. The summed E-state index contributed by atoms with van der Waals surface area (Å²) in [5, 5.41) is 0. The summed E-state index contributed by atoms with van der Waals surface area (Å²) in [4.78, 5) is 4.72. The molecule has 0 aliphatic heterocycles. The van der Waals surface area contributed by atoms with Gasteiger partial charge in [-0.05, 0) is 73.7 Å². The van der Waals surface area contributed by atoms with Crippen LogP contribution in [-0.2, 0) is 6.42 Å². The third-order valence-corrected chi connectivity index (χ3v) is 4.90. The molecule has 0 radical (unpaired) electrons. The molecule has 0 amide bonds. The van der Waals surface area contributed by atoms with Crippen LogP contribution < -0.4 is 9.80 Å². The Morgan fingerprint density at radius 2 is 1.15 bits per heavy atom. The van der Waals surface area contributed by atoms with Gasteiger partial charge in [-0.3, -0.25) is 0 Å². The van der Waals surface area contributed by atoms with E-state index in [9.17, 15) is 0 Å². The average Bonchev–Trinajstić information content (AvgIpc) is 2.92. The summed E-state index contributed by atoms with van der Waals surface area (Å²) in [6, 6.07) is 13.9. The molecule has 0 atom stereocenters. The van der Waals surface area contributed by atoms with Crippen molar-refractivity contribution < 1.29 is 0 Å². The van der Waals surface area contributed by atoms with Crippen LogP contribution in [0.3, 0.4) is 0 Å². The highest BCUT2D eigenvalue weighted by atomic mass is 15.1. The lowest BCUT2D eigenvalue weighted by Gasteiger charge is -2.22. The summed E-state index contributed by atoms with van der Waals surface area (Å²) in [5.41, 5.74) is 8.41. The van der Waals surface area contributed by atoms with Crippen molar-refractivity contribution in [2.45, 2.75) is 56.9 Å². The maximum Gasteiger partial charge on any atom is 0.0372 e. The quantitative estimate of drug-likeness (QED) is 0.479. The fourth-order valence-corrected chi connectivity index (χ4v) is 3.35. The smallest absolute Gasteiger partial charge is 0.0372 e. The largest absolute Gasteiger partial charge is 0.375 e. The van der Waals surface area contributed by atoms with E-state index in [1.807, 2.05) is 0 Å². The van der Waals surface area contributed by atoms with Crippen LogP contribution in [0.15, 0.2) is 36.4 Å². The Kier molecular flexibility index (Phi) is 11.0. The van der Waals surface area contributed by atoms with Gasteiger partial charge in [0.05, 0.1) is 0 Å². The second-order valence-corrected chi connectivity index (χ2v) is 6.05. The standard InChI is InChI=1S/C20H26N2.4CH4/c1-5-21(4)17-10-8-15-12-16-9-11-18(22(6-2)7-3)14-20(16)19(15)13-17;;;;/h8-11,13-14H,5-7,12H2,1-4H3;4*1H4. The van der Waals surface area contributed by atoms with Crippen LogP contribution in [-0.4, -0.2) is 26.7 Å². The van der Waals surface area contributed by atoms with Gasteiger partial charge < -0.3 is 9.80 Å². The van der Waals surface area contributed by atoms with Crippen molar-refractivity contribution in [2.24, 2.45) is 0 Å². The van der Waals surface area contributed by atoms with Crippen LogP contribution in [0.2, 0.25) is 0 Å². The maximum absolute atomic E-state index is 2.42. The number of nitrogens with zero attached hydrogens (tertiary/aromatic N) is 2. The van der Waals surface area contributed by atoms with Crippen molar-refractivity contribution in [3.8, 4) is 11.1 Å². The highest BCUT2D eigenvalue weighted by Gasteiger charge is 2.20. The molecule has 26 heavy (non-hydrogen) atoms. The first-order valence-corrected chi connectivity index (χ1v) is 8.40. The summed E-state index contributed by atoms with van der Waals surface area (Å²) in [6.07, 6.45) is 1.07. The summed E-state index contributed by atoms with van der Waals surface area (Å²) in [7, 11) is 2.16. The fourth-order valence-electron chi connectivity index (χ4n) is 3.35. The van der Waals surface area contributed by atoms with E-state index in [4.69, 9.17) is 0 Å². The zero-order valence-corrected chi connectivity index (χ0v) is 14.2. The molecule has 0 spiro atoms. The number of fused-ring (bicyclic) bond motifs is 3. The van der Waals surface area contributed by atoms with Gasteiger partial charge in [0, 0.05) is 38.1 Å². The van der Waals surface area contributed by atoms with Crippen molar-refractivity contribution in [2.75, 3.05) is 36.5 Å². The van der Waals surface area contributed by atoms with E-state index in [1.54, 1.807) is 0 Å². The third-order valence-electron chi connectivity index (χ3n) is 4.90. The molecular formula is C24H42N2. The highest BCUT2D eigenvalue weighted by molar-refractivity contribution is 5.82.